The maximum Gasteiger partial charge on any atom is 0.0932 e. The van der Waals surface area contributed by atoms with E-state index in [1.165, 1.54) is 0 Å². The second-order valence-corrected chi connectivity index (χ2v) is 1.67. The lowest BCUT2D eigenvalue weighted by atomic mass is 10.3. The summed E-state index contributed by atoms with van der Waals surface area (Å²) >= 11 is 0. The van der Waals surface area contributed by atoms with E-state index in [1.54, 1.807) is 0 Å². The van der Waals surface area contributed by atoms with Gasteiger partial charge in [0.15, 0.2) is 0 Å². The predicted molar refractivity (Wildman–Crippen MR) is 31.4 cm³/mol. The number of hydrogen-bond acceptors (Lipinski definition) is 3. The third-order valence-electron chi connectivity index (χ3n) is 0.963. The zero-order valence-electron chi connectivity index (χ0n) is 5.09. The van der Waals surface area contributed by atoms with Crippen molar-refractivity contribution in [2.75, 3.05) is 13.3 Å². The first-order chi connectivity index (χ1) is 3.81. The maximum atomic E-state index is 8.82. The Morgan fingerprint density at radius 3 is 2.62 bits per heavy atom. The van der Waals surface area contributed by atoms with E-state index in [-0.39, 0.29) is 12.8 Å². The van der Waals surface area contributed by atoms with Gasteiger partial charge < -0.3 is 10.2 Å². The van der Waals surface area contributed by atoms with Crippen molar-refractivity contribution in [3.63, 3.8) is 0 Å². The molecule has 0 aromatic rings. The van der Waals surface area contributed by atoms with E-state index >= 15 is 0 Å². The van der Waals surface area contributed by atoms with Crippen molar-refractivity contribution in [1.82, 2.24) is 5.32 Å². The summed E-state index contributed by atoms with van der Waals surface area (Å²) in [7, 11) is 0. The standard InChI is InChI=1S/C5H13NO2/c1-2-5(8)3-6-4-7/h5-8H,2-4H2,1H3. The van der Waals surface area contributed by atoms with Gasteiger partial charge in [0.1, 0.15) is 0 Å². The number of nitrogens with one attached hydrogen (secondary N) is 1. The van der Waals surface area contributed by atoms with Crippen LogP contribution in [0.1, 0.15) is 13.3 Å². The minimum atomic E-state index is -0.317. The molecule has 0 saturated heterocycles. The Morgan fingerprint density at radius 2 is 2.25 bits per heavy atom. The molecule has 0 aromatic carbocycles. The van der Waals surface area contributed by atoms with Crippen LogP contribution in [0.3, 0.4) is 0 Å². The summed E-state index contributed by atoms with van der Waals surface area (Å²) in [5.74, 6) is 0. The lowest BCUT2D eigenvalue weighted by molar-refractivity contribution is 0.150. The van der Waals surface area contributed by atoms with Gasteiger partial charge in [-0.15, -0.1) is 0 Å². The molecule has 8 heavy (non-hydrogen) atoms. The van der Waals surface area contributed by atoms with Crippen LogP contribution in [0.4, 0.5) is 0 Å². The molecule has 50 valence electrons. The van der Waals surface area contributed by atoms with Crippen molar-refractivity contribution in [2.45, 2.75) is 19.4 Å². The van der Waals surface area contributed by atoms with Crippen molar-refractivity contribution < 1.29 is 10.2 Å². The van der Waals surface area contributed by atoms with Gasteiger partial charge >= 0.3 is 0 Å². The molecule has 0 radical (unpaired) electrons. The number of rotatable bonds is 4. The highest BCUT2D eigenvalue weighted by atomic mass is 16.3. The van der Waals surface area contributed by atoms with Crippen LogP contribution in [0.2, 0.25) is 0 Å². The Hall–Kier alpha value is -0.120. The predicted octanol–water partition coefficient (Wildman–Crippen LogP) is -0.703. The molecule has 0 fully saturated rings. The fourth-order valence-electron chi connectivity index (χ4n) is 0.375. The Bertz CT molecular complexity index is 49.7. The van der Waals surface area contributed by atoms with Gasteiger partial charge in [0.05, 0.1) is 12.8 Å². The Kier molecular flexibility index (Phi) is 4.95. The molecular weight excluding hydrogens is 106 g/mol. The first-order valence-corrected chi connectivity index (χ1v) is 2.81. The molecule has 0 aliphatic rings. The van der Waals surface area contributed by atoms with Gasteiger partial charge in [0.25, 0.3) is 0 Å². The van der Waals surface area contributed by atoms with Crippen LogP contribution in [0.15, 0.2) is 0 Å². The van der Waals surface area contributed by atoms with Gasteiger partial charge in [-0.3, -0.25) is 5.32 Å². The van der Waals surface area contributed by atoms with Crippen LogP contribution in [0.25, 0.3) is 0 Å². The van der Waals surface area contributed by atoms with Crippen molar-refractivity contribution in [3.8, 4) is 0 Å². The minimum absolute atomic E-state index is 0.0585. The molecule has 0 amide bonds. The van der Waals surface area contributed by atoms with E-state index in [0.29, 0.717) is 6.54 Å². The van der Waals surface area contributed by atoms with Crippen molar-refractivity contribution >= 4 is 0 Å². The second kappa shape index (κ2) is 5.03. The first-order valence-electron chi connectivity index (χ1n) is 2.81. The molecule has 0 heterocycles. The molecule has 0 bridgehead atoms. The van der Waals surface area contributed by atoms with E-state index in [0.717, 1.165) is 6.42 Å². The van der Waals surface area contributed by atoms with E-state index in [2.05, 4.69) is 5.32 Å². The highest BCUT2D eigenvalue weighted by Crippen LogP contribution is 1.84. The van der Waals surface area contributed by atoms with E-state index < -0.39 is 0 Å². The average molecular weight is 119 g/mol. The van der Waals surface area contributed by atoms with Crippen LogP contribution in [0.5, 0.6) is 0 Å². The molecule has 1 atom stereocenters. The molecule has 1 unspecified atom stereocenters. The topological polar surface area (TPSA) is 52.5 Å². The monoisotopic (exact) mass is 119 g/mol. The summed E-state index contributed by atoms with van der Waals surface area (Å²) in [4.78, 5) is 0. The quantitative estimate of drug-likeness (QED) is 0.429. The minimum Gasteiger partial charge on any atom is -0.392 e. The fourth-order valence-corrected chi connectivity index (χ4v) is 0.375. The summed E-state index contributed by atoms with van der Waals surface area (Å²) in [5.41, 5.74) is 0. The Morgan fingerprint density at radius 1 is 1.62 bits per heavy atom. The molecule has 3 heteroatoms. The van der Waals surface area contributed by atoms with Crippen LogP contribution in [-0.2, 0) is 0 Å². The molecule has 3 nitrogen and oxygen atoms in total. The van der Waals surface area contributed by atoms with Gasteiger partial charge in [0.2, 0.25) is 0 Å². The molecule has 0 aliphatic carbocycles. The number of aliphatic hydroxyl groups excluding tert-OH is 2. The maximum absolute atomic E-state index is 8.82. The molecular formula is C5H13NO2. The third kappa shape index (κ3) is 4.05. The normalized spacial score (nSPS) is 13.9. The lowest BCUT2D eigenvalue weighted by Crippen LogP contribution is -2.26. The highest BCUT2D eigenvalue weighted by molar-refractivity contribution is 4.52. The lowest BCUT2D eigenvalue weighted by Gasteiger charge is -2.05. The molecule has 0 saturated carbocycles. The number of aliphatic hydroxyl groups is 2. The van der Waals surface area contributed by atoms with Gasteiger partial charge in [0, 0.05) is 6.54 Å². The van der Waals surface area contributed by atoms with Gasteiger partial charge in [-0.25, -0.2) is 0 Å². The largest absolute Gasteiger partial charge is 0.392 e. The summed E-state index contributed by atoms with van der Waals surface area (Å²) in [6, 6.07) is 0. The average Bonchev–Trinajstić information content (AvgIpc) is 1.83. The smallest absolute Gasteiger partial charge is 0.0932 e. The Balaban J connectivity index is 2.86. The third-order valence-corrected chi connectivity index (χ3v) is 0.963. The van der Waals surface area contributed by atoms with Crippen molar-refractivity contribution in [3.05, 3.63) is 0 Å². The second-order valence-electron chi connectivity index (χ2n) is 1.67. The summed E-state index contributed by atoms with van der Waals surface area (Å²) in [6.45, 7) is 2.31. The fraction of sp³-hybridized carbons (Fsp3) is 1.00. The van der Waals surface area contributed by atoms with Gasteiger partial charge in [-0.1, -0.05) is 6.92 Å². The Labute approximate surface area is 49.3 Å². The van der Waals surface area contributed by atoms with E-state index in [4.69, 9.17) is 10.2 Å². The summed E-state index contributed by atoms with van der Waals surface area (Å²) < 4.78 is 0. The van der Waals surface area contributed by atoms with Crippen LogP contribution < -0.4 is 5.32 Å². The van der Waals surface area contributed by atoms with Crippen LogP contribution >= 0.6 is 0 Å². The molecule has 3 N–H and O–H groups in total. The number of hydrogen-bond donors (Lipinski definition) is 3. The first kappa shape index (κ1) is 7.88. The van der Waals surface area contributed by atoms with Crippen LogP contribution in [0, 0.1) is 0 Å². The van der Waals surface area contributed by atoms with Gasteiger partial charge in [-0.05, 0) is 6.42 Å². The zero-order chi connectivity index (χ0) is 6.41. The van der Waals surface area contributed by atoms with E-state index in [1.807, 2.05) is 6.92 Å². The summed E-state index contributed by atoms with van der Waals surface area (Å²) in [5, 5.41) is 19.6. The molecule has 0 aliphatic heterocycles. The molecule has 0 aromatic heterocycles. The van der Waals surface area contributed by atoms with Crippen molar-refractivity contribution in [1.29, 1.82) is 0 Å². The highest BCUT2D eigenvalue weighted by Gasteiger charge is 1.95. The van der Waals surface area contributed by atoms with Crippen LogP contribution in [-0.4, -0.2) is 29.6 Å². The molecule has 0 spiro atoms. The van der Waals surface area contributed by atoms with Crippen molar-refractivity contribution in [2.24, 2.45) is 0 Å². The zero-order valence-corrected chi connectivity index (χ0v) is 5.09. The van der Waals surface area contributed by atoms with E-state index in [9.17, 15) is 0 Å². The summed E-state index contributed by atoms with van der Waals surface area (Å²) in [6.07, 6.45) is 0.412. The molecule has 0 rings (SSSR count). The van der Waals surface area contributed by atoms with Gasteiger partial charge in [-0.2, -0.15) is 0 Å². The SMILES string of the molecule is CCC(O)CNCO.